The van der Waals surface area contributed by atoms with Crippen LogP contribution < -0.4 is 4.74 Å². The maximum absolute atomic E-state index is 10.0. The number of fused-ring (bicyclic) bond motifs is 2. The minimum atomic E-state index is -0.385. The molecule has 2 aliphatic rings. The molecule has 1 heterocycles. The van der Waals surface area contributed by atoms with Crippen molar-refractivity contribution < 1.29 is 9.84 Å². The zero-order valence-corrected chi connectivity index (χ0v) is 10.7. The molecular formula is C15H21NO2. The van der Waals surface area contributed by atoms with E-state index in [4.69, 9.17) is 4.74 Å². The molecule has 1 aliphatic carbocycles. The molecule has 2 bridgehead atoms. The number of piperidine rings is 1. The monoisotopic (exact) mass is 247 g/mol. The first-order chi connectivity index (χ1) is 8.81. The lowest BCUT2D eigenvalue weighted by Crippen LogP contribution is -2.40. The van der Waals surface area contributed by atoms with E-state index in [9.17, 15) is 5.11 Å². The third kappa shape index (κ3) is 2.68. The number of hydrogen-bond donors (Lipinski definition) is 1. The molecule has 98 valence electrons. The number of nitrogens with zero attached hydrogens (tertiary/aromatic N) is 1. The maximum Gasteiger partial charge on any atom is 0.119 e. The van der Waals surface area contributed by atoms with Gasteiger partial charge in [-0.25, -0.2) is 0 Å². The van der Waals surface area contributed by atoms with E-state index >= 15 is 0 Å². The normalized spacial score (nSPS) is 28.5. The summed E-state index contributed by atoms with van der Waals surface area (Å²) < 4.78 is 5.58. The van der Waals surface area contributed by atoms with Gasteiger partial charge in [0, 0.05) is 19.1 Å². The minimum absolute atomic E-state index is 0.385. The minimum Gasteiger partial charge on any atom is -0.491 e. The summed E-state index contributed by atoms with van der Waals surface area (Å²) in [6.45, 7) is 2.32. The molecule has 0 spiro atoms. The summed E-state index contributed by atoms with van der Waals surface area (Å²) in [6, 6.07) is 10.4. The van der Waals surface area contributed by atoms with Gasteiger partial charge in [-0.05, 0) is 37.3 Å². The molecule has 1 aliphatic heterocycles. The lowest BCUT2D eigenvalue weighted by Gasteiger charge is -2.28. The second kappa shape index (κ2) is 5.29. The van der Waals surface area contributed by atoms with Crippen LogP contribution in [0.5, 0.6) is 5.75 Å². The lowest BCUT2D eigenvalue weighted by molar-refractivity contribution is 0.0573. The molecule has 0 aromatic heterocycles. The van der Waals surface area contributed by atoms with Crippen LogP contribution in [0.25, 0.3) is 0 Å². The molecule has 3 nitrogen and oxygen atoms in total. The number of likely N-dealkylation sites (tertiary alicyclic amines) is 1. The molecule has 0 radical (unpaired) electrons. The molecule has 18 heavy (non-hydrogen) atoms. The van der Waals surface area contributed by atoms with Crippen LogP contribution in [0, 0.1) is 5.92 Å². The molecule has 1 N–H and O–H groups in total. The number of para-hydroxylation sites is 1. The first-order valence-corrected chi connectivity index (χ1v) is 6.91. The number of benzene rings is 1. The predicted molar refractivity (Wildman–Crippen MR) is 70.6 cm³/mol. The molecule has 3 atom stereocenters. The Labute approximate surface area is 108 Å². The number of rotatable bonds is 5. The average Bonchev–Trinajstić information content (AvgIpc) is 3.00. The highest BCUT2D eigenvalue weighted by Gasteiger charge is 2.38. The molecule has 3 heteroatoms. The van der Waals surface area contributed by atoms with Crippen molar-refractivity contribution in [3.8, 4) is 5.75 Å². The largest absolute Gasteiger partial charge is 0.491 e. The van der Waals surface area contributed by atoms with Gasteiger partial charge in [-0.15, -0.1) is 0 Å². The average molecular weight is 247 g/mol. The van der Waals surface area contributed by atoms with Gasteiger partial charge in [0.25, 0.3) is 0 Å². The quantitative estimate of drug-likeness (QED) is 0.862. The number of hydrogen-bond acceptors (Lipinski definition) is 3. The molecular weight excluding hydrogens is 226 g/mol. The van der Waals surface area contributed by atoms with Gasteiger partial charge in [-0.3, -0.25) is 4.90 Å². The molecule has 1 saturated heterocycles. The first kappa shape index (κ1) is 12.0. The van der Waals surface area contributed by atoms with E-state index in [0.29, 0.717) is 6.61 Å². The lowest BCUT2D eigenvalue weighted by atomic mass is 10.1. The molecule has 1 saturated carbocycles. The van der Waals surface area contributed by atoms with Gasteiger partial charge in [0.2, 0.25) is 0 Å². The van der Waals surface area contributed by atoms with E-state index < -0.39 is 0 Å². The Hall–Kier alpha value is -1.06. The van der Waals surface area contributed by atoms with Crippen LogP contribution in [-0.2, 0) is 0 Å². The number of aliphatic hydroxyl groups is 1. The summed E-state index contributed by atoms with van der Waals surface area (Å²) in [6.07, 6.45) is 3.66. The van der Waals surface area contributed by atoms with E-state index in [1.165, 1.54) is 25.8 Å². The van der Waals surface area contributed by atoms with Gasteiger partial charge in [-0.2, -0.15) is 0 Å². The molecule has 3 unspecified atom stereocenters. The summed E-state index contributed by atoms with van der Waals surface area (Å²) in [5.74, 6) is 1.72. The second-order valence-corrected chi connectivity index (χ2v) is 5.56. The highest BCUT2D eigenvalue weighted by Crippen LogP contribution is 2.37. The van der Waals surface area contributed by atoms with Crippen molar-refractivity contribution in [2.75, 3.05) is 19.7 Å². The fraction of sp³-hybridized carbons (Fsp3) is 0.600. The summed E-state index contributed by atoms with van der Waals surface area (Å²) >= 11 is 0. The van der Waals surface area contributed by atoms with Gasteiger partial charge >= 0.3 is 0 Å². The van der Waals surface area contributed by atoms with Crippen molar-refractivity contribution in [2.24, 2.45) is 5.92 Å². The first-order valence-electron chi connectivity index (χ1n) is 6.91. The highest BCUT2D eigenvalue weighted by atomic mass is 16.5. The van der Waals surface area contributed by atoms with E-state index in [-0.39, 0.29) is 6.10 Å². The summed E-state index contributed by atoms with van der Waals surface area (Å²) in [4.78, 5) is 2.44. The second-order valence-electron chi connectivity index (χ2n) is 5.56. The Morgan fingerprint density at radius 3 is 2.78 bits per heavy atom. The van der Waals surface area contributed by atoms with Crippen molar-refractivity contribution in [3.05, 3.63) is 30.3 Å². The fourth-order valence-corrected chi connectivity index (χ4v) is 3.28. The zero-order chi connectivity index (χ0) is 12.4. The van der Waals surface area contributed by atoms with Crippen LogP contribution in [0.3, 0.4) is 0 Å². The Morgan fingerprint density at radius 1 is 1.28 bits per heavy atom. The Kier molecular flexibility index (Phi) is 3.52. The molecule has 1 aromatic carbocycles. The summed E-state index contributed by atoms with van der Waals surface area (Å²) in [5, 5.41) is 10.0. The van der Waals surface area contributed by atoms with E-state index in [1.54, 1.807) is 0 Å². The van der Waals surface area contributed by atoms with Gasteiger partial charge < -0.3 is 9.84 Å². The summed E-state index contributed by atoms with van der Waals surface area (Å²) in [5.41, 5.74) is 0. The van der Waals surface area contributed by atoms with Crippen molar-refractivity contribution in [1.82, 2.24) is 4.90 Å². The van der Waals surface area contributed by atoms with Gasteiger partial charge in [0.15, 0.2) is 0 Å². The smallest absolute Gasteiger partial charge is 0.119 e. The van der Waals surface area contributed by atoms with Crippen LogP contribution in [0.15, 0.2) is 30.3 Å². The van der Waals surface area contributed by atoms with E-state index in [1.807, 2.05) is 30.3 Å². The van der Waals surface area contributed by atoms with Gasteiger partial charge in [-0.1, -0.05) is 18.2 Å². The maximum atomic E-state index is 10.0. The summed E-state index contributed by atoms with van der Waals surface area (Å²) in [7, 11) is 0. The Balaban J connectivity index is 1.43. The standard InChI is InChI=1S/C15H21NO2/c17-14(11-18-15-4-2-1-3-5-15)10-16-9-12-6-7-13(16)8-12/h1-5,12-14,17H,6-11H2. The molecule has 3 rings (SSSR count). The van der Waals surface area contributed by atoms with Gasteiger partial charge in [0.1, 0.15) is 18.5 Å². The topological polar surface area (TPSA) is 32.7 Å². The van der Waals surface area contributed by atoms with Crippen LogP contribution in [0.4, 0.5) is 0 Å². The Morgan fingerprint density at radius 2 is 2.11 bits per heavy atom. The van der Waals surface area contributed by atoms with Gasteiger partial charge in [0.05, 0.1) is 0 Å². The van der Waals surface area contributed by atoms with Crippen LogP contribution in [0.1, 0.15) is 19.3 Å². The Bertz CT molecular complexity index is 381. The molecule has 2 fully saturated rings. The van der Waals surface area contributed by atoms with Crippen molar-refractivity contribution in [3.63, 3.8) is 0 Å². The van der Waals surface area contributed by atoms with Crippen LogP contribution >= 0.6 is 0 Å². The zero-order valence-electron chi connectivity index (χ0n) is 10.7. The third-order valence-corrected chi connectivity index (χ3v) is 4.15. The fourth-order valence-electron chi connectivity index (χ4n) is 3.28. The highest BCUT2D eigenvalue weighted by molar-refractivity contribution is 5.20. The number of β-amino-alcohol motifs (C(OH)–C–C–N with tert-alkyl or cyclic N) is 1. The van der Waals surface area contributed by atoms with E-state index in [0.717, 1.165) is 24.3 Å². The molecule has 1 aromatic rings. The van der Waals surface area contributed by atoms with Crippen molar-refractivity contribution >= 4 is 0 Å². The van der Waals surface area contributed by atoms with Crippen molar-refractivity contribution in [1.29, 1.82) is 0 Å². The van der Waals surface area contributed by atoms with Crippen LogP contribution in [0.2, 0.25) is 0 Å². The predicted octanol–water partition coefficient (Wildman–Crippen LogP) is 1.91. The van der Waals surface area contributed by atoms with Crippen molar-refractivity contribution in [2.45, 2.75) is 31.4 Å². The van der Waals surface area contributed by atoms with E-state index in [2.05, 4.69) is 4.90 Å². The number of ether oxygens (including phenoxy) is 1. The number of aliphatic hydroxyl groups excluding tert-OH is 1. The van der Waals surface area contributed by atoms with Crippen LogP contribution in [-0.4, -0.2) is 41.8 Å². The molecule has 0 amide bonds. The SMILES string of the molecule is OC(COc1ccccc1)CN1CC2CCC1C2. The third-order valence-electron chi connectivity index (χ3n) is 4.15.